The molecule has 0 saturated carbocycles. The first kappa shape index (κ1) is 20.2. The van der Waals surface area contributed by atoms with Crippen molar-refractivity contribution in [1.82, 2.24) is 0 Å². The lowest BCUT2D eigenvalue weighted by atomic mass is 10.1. The SMILES string of the molecule is CSCCCCC(c1cc(F)ccc1F)S(=O)(=O)c1ccc(Cl)cc1. The van der Waals surface area contributed by atoms with E-state index in [-0.39, 0.29) is 16.9 Å². The highest BCUT2D eigenvalue weighted by Gasteiger charge is 2.31. The number of benzene rings is 2. The molecule has 0 heterocycles. The van der Waals surface area contributed by atoms with Gasteiger partial charge in [0.25, 0.3) is 0 Å². The molecule has 2 rings (SSSR count). The molecule has 0 aliphatic carbocycles. The third-order valence-corrected chi connectivity index (χ3v) is 7.00. The summed E-state index contributed by atoms with van der Waals surface area (Å²) in [7, 11) is -3.87. The molecule has 1 atom stereocenters. The molecule has 0 N–H and O–H groups in total. The van der Waals surface area contributed by atoms with Crippen LogP contribution in [0.3, 0.4) is 0 Å². The van der Waals surface area contributed by atoms with E-state index in [1.165, 1.54) is 24.3 Å². The molecular weight excluding hydrogens is 386 g/mol. The van der Waals surface area contributed by atoms with Crippen LogP contribution in [0.4, 0.5) is 8.78 Å². The van der Waals surface area contributed by atoms with Gasteiger partial charge in [-0.2, -0.15) is 11.8 Å². The molecule has 0 saturated heterocycles. The zero-order valence-corrected chi connectivity index (χ0v) is 16.1. The molecule has 0 radical (unpaired) electrons. The minimum absolute atomic E-state index is 0.0513. The van der Waals surface area contributed by atoms with Crippen LogP contribution in [0.1, 0.15) is 30.1 Å². The number of rotatable bonds is 8. The highest BCUT2D eigenvalue weighted by Crippen LogP contribution is 2.35. The molecule has 1 unspecified atom stereocenters. The lowest BCUT2D eigenvalue weighted by Crippen LogP contribution is -2.16. The maximum Gasteiger partial charge on any atom is 0.185 e. The van der Waals surface area contributed by atoms with Crippen molar-refractivity contribution in [2.24, 2.45) is 0 Å². The van der Waals surface area contributed by atoms with Gasteiger partial charge in [-0.1, -0.05) is 18.0 Å². The van der Waals surface area contributed by atoms with E-state index >= 15 is 0 Å². The maximum absolute atomic E-state index is 14.2. The van der Waals surface area contributed by atoms with Crippen LogP contribution in [0.25, 0.3) is 0 Å². The average Bonchev–Trinajstić information content (AvgIpc) is 2.57. The highest BCUT2D eigenvalue weighted by molar-refractivity contribution is 7.98. The van der Waals surface area contributed by atoms with Crippen LogP contribution in [-0.2, 0) is 9.84 Å². The Bertz CT molecular complexity index is 808. The van der Waals surface area contributed by atoms with Gasteiger partial charge in [-0.25, -0.2) is 17.2 Å². The van der Waals surface area contributed by atoms with E-state index in [9.17, 15) is 17.2 Å². The number of thioether (sulfide) groups is 1. The smallest absolute Gasteiger partial charge is 0.185 e. The Kier molecular flexibility index (Phi) is 7.28. The first-order valence-electron chi connectivity index (χ1n) is 7.79. The summed E-state index contributed by atoms with van der Waals surface area (Å²) in [6, 6.07) is 8.66. The third-order valence-electron chi connectivity index (χ3n) is 3.89. The molecule has 136 valence electrons. The molecule has 0 aromatic heterocycles. The van der Waals surface area contributed by atoms with E-state index in [2.05, 4.69) is 0 Å². The summed E-state index contributed by atoms with van der Waals surface area (Å²) in [6.07, 6.45) is 3.61. The molecule has 2 aromatic rings. The van der Waals surface area contributed by atoms with Crippen LogP contribution in [0.15, 0.2) is 47.4 Å². The molecule has 0 spiro atoms. The van der Waals surface area contributed by atoms with Crippen molar-refractivity contribution < 1.29 is 17.2 Å². The summed E-state index contributed by atoms with van der Waals surface area (Å²) in [4.78, 5) is 0.0513. The number of sulfone groups is 1. The summed E-state index contributed by atoms with van der Waals surface area (Å²) in [6.45, 7) is 0. The third kappa shape index (κ3) is 5.19. The van der Waals surface area contributed by atoms with E-state index < -0.39 is 26.7 Å². The van der Waals surface area contributed by atoms with Gasteiger partial charge in [0.15, 0.2) is 9.84 Å². The van der Waals surface area contributed by atoms with Crippen molar-refractivity contribution >= 4 is 33.2 Å². The quantitative estimate of drug-likeness (QED) is 0.532. The van der Waals surface area contributed by atoms with Gasteiger partial charge >= 0.3 is 0 Å². The summed E-state index contributed by atoms with van der Waals surface area (Å²) in [5.74, 6) is -0.482. The van der Waals surface area contributed by atoms with E-state index in [1.54, 1.807) is 11.8 Å². The van der Waals surface area contributed by atoms with Crippen molar-refractivity contribution in [3.63, 3.8) is 0 Å². The van der Waals surface area contributed by atoms with Crippen molar-refractivity contribution in [1.29, 1.82) is 0 Å². The Morgan fingerprint density at radius 3 is 2.40 bits per heavy atom. The molecule has 0 aliphatic rings. The van der Waals surface area contributed by atoms with Crippen molar-refractivity contribution in [3.8, 4) is 0 Å². The first-order chi connectivity index (χ1) is 11.9. The van der Waals surface area contributed by atoms with Gasteiger partial charge in [0, 0.05) is 10.6 Å². The number of hydrogen-bond donors (Lipinski definition) is 0. The fourth-order valence-electron chi connectivity index (χ4n) is 2.60. The second kappa shape index (κ2) is 9.01. The van der Waals surface area contributed by atoms with Crippen LogP contribution in [0.5, 0.6) is 0 Å². The van der Waals surface area contributed by atoms with Gasteiger partial charge in [0.05, 0.1) is 10.1 Å². The van der Waals surface area contributed by atoms with Crippen LogP contribution in [-0.4, -0.2) is 20.4 Å². The molecule has 2 nitrogen and oxygen atoms in total. The topological polar surface area (TPSA) is 34.1 Å². The molecular formula is C18H19ClF2O2S2. The molecule has 2 aromatic carbocycles. The van der Waals surface area contributed by atoms with Gasteiger partial charge in [0.2, 0.25) is 0 Å². The second-order valence-electron chi connectivity index (χ2n) is 5.64. The Morgan fingerprint density at radius 2 is 1.76 bits per heavy atom. The maximum atomic E-state index is 14.2. The number of hydrogen-bond acceptors (Lipinski definition) is 3. The van der Waals surface area contributed by atoms with Crippen LogP contribution in [0, 0.1) is 11.6 Å². The van der Waals surface area contributed by atoms with E-state index in [1.807, 2.05) is 6.26 Å². The molecule has 25 heavy (non-hydrogen) atoms. The number of halogens is 3. The Morgan fingerprint density at radius 1 is 1.08 bits per heavy atom. The predicted molar refractivity (Wildman–Crippen MR) is 100.0 cm³/mol. The minimum atomic E-state index is -3.87. The Labute approximate surface area is 156 Å². The summed E-state index contributed by atoms with van der Waals surface area (Å²) in [5, 5.41) is -0.723. The molecule has 7 heteroatoms. The normalized spacial score (nSPS) is 13.0. The second-order valence-corrected chi connectivity index (χ2v) is 9.19. The lowest BCUT2D eigenvalue weighted by molar-refractivity contribution is 0.545. The van der Waals surface area contributed by atoms with Crippen LogP contribution in [0.2, 0.25) is 5.02 Å². The van der Waals surface area contributed by atoms with Gasteiger partial charge < -0.3 is 0 Å². The lowest BCUT2D eigenvalue weighted by Gasteiger charge is -2.19. The summed E-state index contributed by atoms with van der Waals surface area (Å²) in [5.41, 5.74) is -0.126. The van der Waals surface area contributed by atoms with Gasteiger partial charge in [0.1, 0.15) is 11.6 Å². The molecule has 0 fully saturated rings. The summed E-state index contributed by atoms with van der Waals surface area (Å²) >= 11 is 7.48. The standard InChI is InChI=1S/C18H19ClF2O2S2/c1-24-11-3-2-4-18(16-12-14(20)7-10-17(16)21)25(22,23)15-8-5-13(19)6-9-15/h5-10,12,18H,2-4,11H2,1H3. The Hall–Kier alpha value is -1.11. The van der Waals surface area contributed by atoms with Crippen LogP contribution >= 0.6 is 23.4 Å². The molecule has 0 bridgehead atoms. The average molecular weight is 405 g/mol. The van der Waals surface area contributed by atoms with Crippen LogP contribution < -0.4 is 0 Å². The van der Waals surface area contributed by atoms with Gasteiger partial charge in [-0.15, -0.1) is 0 Å². The van der Waals surface area contributed by atoms with Crippen molar-refractivity contribution in [3.05, 3.63) is 64.7 Å². The Balaban J connectivity index is 2.42. The van der Waals surface area contributed by atoms with Crippen molar-refractivity contribution in [2.75, 3.05) is 12.0 Å². The highest BCUT2D eigenvalue weighted by atomic mass is 35.5. The molecule has 0 aliphatic heterocycles. The fourth-order valence-corrected chi connectivity index (χ4v) is 5.06. The largest absolute Gasteiger partial charge is 0.223 e. The fraction of sp³-hybridized carbons (Fsp3) is 0.333. The van der Waals surface area contributed by atoms with Gasteiger partial charge in [-0.05, 0) is 67.3 Å². The van der Waals surface area contributed by atoms with E-state index in [0.717, 1.165) is 30.4 Å². The van der Waals surface area contributed by atoms with E-state index in [0.29, 0.717) is 11.4 Å². The van der Waals surface area contributed by atoms with Crippen molar-refractivity contribution in [2.45, 2.75) is 29.4 Å². The number of unbranched alkanes of at least 4 members (excludes halogenated alkanes) is 1. The predicted octanol–water partition coefficient (Wildman–Crippen LogP) is 5.67. The monoisotopic (exact) mass is 404 g/mol. The minimum Gasteiger partial charge on any atom is -0.223 e. The molecule has 0 amide bonds. The van der Waals surface area contributed by atoms with E-state index in [4.69, 9.17) is 11.6 Å². The first-order valence-corrected chi connectivity index (χ1v) is 11.1. The zero-order chi connectivity index (χ0) is 18.4. The summed E-state index contributed by atoms with van der Waals surface area (Å²) < 4.78 is 53.9. The zero-order valence-electron chi connectivity index (χ0n) is 13.7. The van der Waals surface area contributed by atoms with Gasteiger partial charge in [-0.3, -0.25) is 0 Å².